The number of carbonyl (C=O) groups excluding carboxylic acids is 1. The molecule has 11 nitrogen and oxygen atoms in total. The quantitative estimate of drug-likeness (QED) is 0.324. The summed E-state index contributed by atoms with van der Waals surface area (Å²) in [5.41, 5.74) is 1.68. The van der Waals surface area contributed by atoms with Crippen molar-refractivity contribution in [2.75, 3.05) is 51.3 Å². The highest BCUT2D eigenvalue weighted by Crippen LogP contribution is 2.37. The van der Waals surface area contributed by atoms with E-state index in [4.69, 9.17) is 36.0 Å². The molecule has 3 aromatic heterocycles. The second-order valence-corrected chi connectivity index (χ2v) is 12.2. The number of hydrogen-bond donors (Lipinski definition) is 1. The summed E-state index contributed by atoms with van der Waals surface area (Å²) < 4.78 is 27.0. The highest BCUT2D eigenvalue weighted by molar-refractivity contribution is 6.35. The highest BCUT2D eigenvalue weighted by atomic mass is 35.5. The van der Waals surface area contributed by atoms with Crippen LogP contribution in [-0.4, -0.2) is 105 Å². The molecule has 226 valence electrons. The number of piperazine rings is 1. The number of aromatic amines is 1. The van der Waals surface area contributed by atoms with E-state index in [2.05, 4.69) is 47.3 Å². The molecule has 0 aliphatic carbocycles. The molecule has 0 spiro atoms. The average molecular weight is 609 g/mol. The second-order valence-electron chi connectivity index (χ2n) is 11.8. The number of fused-ring (bicyclic) bond motifs is 2. The Kier molecular flexibility index (Phi) is 7.69. The van der Waals surface area contributed by atoms with Crippen LogP contribution in [0.2, 0.25) is 5.02 Å². The highest BCUT2D eigenvalue weighted by Gasteiger charge is 2.40. The number of carbonyl (C=O) groups is 1. The van der Waals surface area contributed by atoms with Gasteiger partial charge in [-0.05, 0) is 39.0 Å². The maximum atomic E-state index is 14.8. The first kappa shape index (κ1) is 29.2. The monoisotopic (exact) mass is 608 g/mol. The first-order valence-electron chi connectivity index (χ1n) is 14.2. The van der Waals surface area contributed by atoms with Crippen LogP contribution in [0.3, 0.4) is 0 Å². The van der Waals surface area contributed by atoms with Crippen molar-refractivity contribution in [2.24, 2.45) is 0 Å². The number of rotatable bonds is 6. The number of methoxy groups -OCH3 is 1. The number of benzene rings is 1. The van der Waals surface area contributed by atoms with Crippen molar-refractivity contribution in [3.8, 4) is 17.3 Å². The lowest BCUT2D eigenvalue weighted by Crippen LogP contribution is -2.48. The first-order valence-corrected chi connectivity index (χ1v) is 14.6. The minimum absolute atomic E-state index is 0.0503. The molecule has 0 unspecified atom stereocenters. The summed E-state index contributed by atoms with van der Waals surface area (Å²) in [5, 5.41) is 8.15. The lowest BCUT2D eigenvalue weighted by atomic mass is 10.1. The Bertz CT molecular complexity index is 1700. The molecule has 6 rings (SSSR count). The molecule has 1 amide bonds. The minimum Gasteiger partial charge on any atom is -0.456 e. The number of ether oxygens (including phenoxy) is 2. The molecule has 2 fully saturated rings. The number of aromatic nitrogens is 5. The maximum Gasteiger partial charge on any atom is 0.320 e. The van der Waals surface area contributed by atoms with E-state index in [-0.39, 0.29) is 34.7 Å². The van der Waals surface area contributed by atoms with Crippen molar-refractivity contribution in [2.45, 2.75) is 38.5 Å². The van der Waals surface area contributed by atoms with Crippen LogP contribution in [-0.2, 0) is 9.53 Å². The van der Waals surface area contributed by atoms with Crippen LogP contribution < -0.4 is 9.64 Å². The van der Waals surface area contributed by atoms with E-state index in [1.807, 2.05) is 6.07 Å². The fourth-order valence-electron chi connectivity index (χ4n) is 5.73. The third-order valence-corrected chi connectivity index (χ3v) is 8.57. The van der Waals surface area contributed by atoms with Crippen LogP contribution in [0.4, 0.5) is 10.2 Å². The number of pyridine rings is 1. The Hall–Kier alpha value is -3.87. The number of nitrogens with one attached hydrogen (secondary N) is 1. The number of nitrogens with zero attached hydrogens (tertiary/aromatic N) is 7. The number of halogens is 2. The first-order chi connectivity index (χ1) is 20.6. The van der Waals surface area contributed by atoms with Gasteiger partial charge < -0.3 is 19.3 Å². The summed E-state index contributed by atoms with van der Waals surface area (Å²) in [6.07, 6.45) is 2.45. The summed E-state index contributed by atoms with van der Waals surface area (Å²) in [5.74, 6) is -0.0385. The fraction of sp³-hybridized carbons (Fsp3) is 0.433. The average Bonchev–Trinajstić information content (AvgIpc) is 3.63. The molecular weight excluding hydrogens is 575 g/mol. The molecule has 2 atom stereocenters. The molecule has 1 N–H and O–H groups in total. The minimum atomic E-state index is -0.579. The van der Waals surface area contributed by atoms with Crippen LogP contribution in [0, 0.1) is 5.82 Å². The largest absolute Gasteiger partial charge is 0.456 e. The molecule has 4 aromatic rings. The molecule has 0 saturated carbocycles. The lowest BCUT2D eigenvalue weighted by molar-refractivity contribution is -0.126. The molecule has 5 heterocycles. The molecule has 1 aromatic carbocycles. The summed E-state index contributed by atoms with van der Waals surface area (Å²) >= 11 is 6.47. The van der Waals surface area contributed by atoms with Gasteiger partial charge in [-0.25, -0.2) is 9.37 Å². The molecule has 2 aliphatic rings. The summed E-state index contributed by atoms with van der Waals surface area (Å²) in [4.78, 5) is 32.8. The van der Waals surface area contributed by atoms with E-state index in [0.717, 1.165) is 0 Å². The molecular formula is C30H34ClFN8O3. The van der Waals surface area contributed by atoms with E-state index in [1.165, 1.54) is 12.1 Å². The van der Waals surface area contributed by atoms with E-state index >= 15 is 0 Å². The zero-order valence-electron chi connectivity index (χ0n) is 24.6. The van der Waals surface area contributed by atoms with Crippen molar-refractivity contribution in [1.29, 1.82) is 0 Å². The van der Waals surface area contributed by atoms with Gasteiger partial charge in [-0.1, -0.05) is 18.2 Å². The third-order valence-electron chi connectivity index (χ3n) is 8.20. The zero-order chi connectivity index (χ0) is 30.5. The molecule has 2 aliphatic heterocycles. The van der Waals surface area contributed by atoms with Crippen molar-refractivity contribution in [1.82, 2.24) is 34.9 Å². The van der Waals surface area contributed by atoms with E-state index in [1.54, 1.807) is 24.3 Å². The lowest BCUT2D eigenvalue weighted by Gasteiger charge is -2.35. The number of amides is 1. The number of likely N-dealkylation sites (tertiary alicyclic amines) is 1. The van der Waals surface area contributed by atoms with Gasteiger partial charge in [-0.2, -0.15) is 15.1 Å². The van der Waals surface area contributed by atoms with Gasteiger partial charge in [-0.15, -0.1) is 0 Å². The summed E-state index contributed by atoms with van der Waals surface area (Å²) in [7, 11) is 1.68. The zero-order valence-corrected chi connectivity index (χ0v) is 25.4. The predicted molar refractivity (Wildman–Crippen MR) is 163 cm³/mol. The van der Waals surface area contributed by atoms with Gasteiger partial charge in [-0.3, -0.25) is 14.8 Å². The fourth-order valence-corrected chi connectivity index (χ4v) is 5.98. The van der Waals surface area contributed by atoms with Crippen molar-refractivity contribution in [3.63, 3.8) is 0 Å². The van der Waals surface area contributed by atoms with Crippen LogP contribution in [0.1, 0.15) is 20.8 Å². The van der Waals surface area contributed by atoms with Crippen molar-refractivity contribution < 1.29 is 18.7 Å². The van der Waals surface area contributed by atoms with Crippen LogP contribution >= 0.6 is 11.6 Å². The van der Waals surface area contributed by atoms with Crippen LogP contribution in [0.15, 0.2) is 37.1 Å². The SMILES string of the molecule is C=CC(=O)N1CCN(c2nc(O[C@@H]3CN(C(C)(C)C)C[C@H]3OC)nc3nc(-c4c(Cl)c(F)cc5[nH]ncc45)ccc23)CC1. The predicted octanol–water partition coefficient (Wildman–Crippen LogP) is 4.07. The van der Waals surface area contributed by atoms with Gasteiger partial charge in [0.2, 0.25) is 5.91 Å². The van der Waals surface area contributed by atoms with Crippen molar-refractivity contribution >= 4 is 45.3 Å². The Labute approximate surface area is 253 Å². The standard InChI is InChI=1S/C30H34ClFN8O3/c1-6-24(41)38-9-11-39(12-10-38)28-17-7-8-20(25-18-14-33-37-21(18)13-19(32)26(25)31)34-27(17)35-29(36-28)43-23-16-40(30(2,3)4)15-22(23)42-5/h6-8,13-14,22-23H,1,9-12,15-16H2,2-5H3,(H,33,37)/t22-,23-/m1/s1. The van der Waals surface area contributed by atoms with Gasteiger partial charge in [0.1, 0.15) is 23.8 Å². The van der Waals surface area contributed by atoms with E-state index < -0.39 is 5.82 Å². The normalized spacial score (nSPS) is 19.9. The summed E-state index contributed by atoms with van der Waals surface area (Å²) in [6, 6.07) is 5.12. The number of anilines is 1. The van der Waals surface area contributed by atoms with E-state index in [9.17, 15) is 9.18 Å². The molecule has 0 bridgehead atoms. The smallest absolute Gasteiger partial charge is 0.320 e. The van der Waals surface area contributed by atoms with E-state index in [0.29, 0.717) is 78.3 Å². The Morgan fingerprint density at radius 2 is 1.86 bits per heavy atom. The van der Waals surface area contributed by atoms with Crippen LogP contribution in [0.5, 0.6) is 6.01 Å². The van der Waals surface area contributed by atoms with Gasteiger partial charge in [0.05, 0.1) is 27.8 Å². The Balaban J connectivity index is 1.42. The summed E-state index contributed by atoms with van der Waals surface area (Å²) in [6.45, 7) is 13.6. The Morgan fingerprint density at radius 1 is 1.12 bits per heavy atom. The topological polar surface area (TPSA) is 113 Å². The van der Waals surface area contributed by atoms with Gasteiger partial charge in [0, 0.05) is 68.9 Å². The number of hydrogen-bond acceptors (Lipinski definition) is 9. The molecule has 43 heavy (non-hydrogen) atoms. The van der Waals surface area contributed by atoms with Gasteiger partial charge >= 0.3 is 6.01 Å². The Morgan fingerprint density at radius 3 is 2.56 bits per heavy atom. The molecule has 2 saturated heterocycles. The third kappa shape index (κ3) is 5.50. The number of H-pyrrole nitrogens is 1. The van der Waals surface area contributed by atoms with Gasteiger partial charge in [0.15, 0.2) is 5.65 Å². The van der Waals surface area contributed by atoms with Crippen molar-refractivity contribution in [3.05, 3.63) is 47.9 Å². The molecule has 0 radical (unpaired) electrons. The van der Waals surface area contributed by atoms with Gasteiger partial charge in [0.25, 0.3) is 0 Å². The second kappa shape index (κ2) is 11.3. The maximum absolute atomic E-state index is 14.8. The molecule has 13 heteroatoms. The van der Waals surface area contributed by atoms with Crippen LogP contribution in [0.25, 0.3) is 33.2 Å².